The number of nitrogens with zero attached hydrogens (tertiary/aromatic N) is 8. The van der Waals surface area contributed by atoms with Crippen molar-refractivity contribution >= 4 is 42.7 Å². The van der Waals surface area contributed by atoms with Crippen LogP contribution in [-0.4, -0.2) is 75.7 Å². The first-order valence-electron chi connectivity index (χ1n) is 14.0. The van der Waals surface area contributed by atoms with Crippen LogP contribution in [0, 0.1) is 22.7 Å². The van der Waals surface area contributed by atoms with E-state index in [4.69, 9.17) is 26.0 Å². The topological polar surface area (TPSA) is 155 Å². The fourth-order valence-electron chi connectivity index (χ4n) is 4.52. The van der Waals surface area contributed by atoms with Gasteiger partial charge in [0.05, 0.1) is 28.5 Å². The Morgan fingerprint density at radius 2 is 1.91 bits per heavy atom. The number of likely N-dealkylation sites (tertiary alicyclic amines) is 1. The van der Waals surface area contributed by atoms with Gasteiger partial charge < -0.3 is 14.5 Å². The van der Waals surface area contributed by atoms with Crippen LogP contribution < -0.4 is 10.1 Å². The molecule has 4 heterocycles. The minimum atomic E-state index is -1.94. The Kier molecular flexibility index (Phi) is 8.68. The van der Waals surface area contributed by atoms with Crippen LogP contribution in [0.5, 0.6) is 5.88 Å². The second kappa shape index (κ2) is 12.3. The first-order valence-corrected chi connectivity index (χ1v) is 17.3. The molecule has 4 aromatic rings. The number of nitriles is 2. The lowest BCUT2D eigenvalue weighted by atomic mass is 10.1. The number of anilines is 1. The number of aromatic nitrogens is 5. The van der Waals surface area contributed by atoms with Gasteiger partial charge in [0, 0.05) is 25.8 Å². The molecule has 1 aliphatic rings. The summed E-state index contributed by atoms with van der Waals surface area (Å²) in [5.41, 5.74) is 1.44. The third kappa shape index (κ3) is 6.42. The molecule has 0 bridgehead atoms. The minimum Gasteiger partial charge on any atom is -0.462 e. The second-order valence-corrected chi connectivity index (χ2v) is 17.2. The number of amides is 1. The maximum absolute atomic E-state index is 13.6. The van der Waals surface area contributed by atoms with Crippen molar-refractivity contribution in [1.82, 2.24) is 29.6 Å². The van der Waals surface area contributed by atoms with Gasteiger partial charge >= 0.3 is 0 Å². The molecule has 1 fully saturated rings. The van der Waals surface area contributed by atoms with Gasteiger partial charge in [-0.1, -0.05) is 38.4 Å². The molecule has 1 aliphatic heterocycles. The van der Waals surface area contributed by atoms with E-state index in [-0.39, 0.29) is 29.4 Å². The quantitative estimate of drug-likeness (QED) is 0.258. The van der Waals surface area contributed by atoms with Gasteiger partial charge in [-0.25, -0.2) is 19.6 Å². The summed E-state index contributed by atoms with van der Waals surface area (Å²) in [6.45, 7) is 12.7. The van der Waals surface area contributed by atoms with Gasteiger partial charge in [0.1, 0.15) is 35.4 Å². The van der Waals surface area contributed by atoms with E-state index in [0.29, 0.717) is 46.0 Å². The average Bonchev–Trinajstić information content (AvgIpc) is 3.39. The van der Waals surface area contributed by atoms with Gasteiger partial charge in [0.15, 0.2) is 20.1 Å². The molecule has 226 valence electrons. The van der Waals surface area contributed by atoms with Gasteiger partial charge in [0.25, 0.3) is 5.91 Å². The van der Waals surface area contributed by atoms with Crippen LogP contribution in [0.1, 0.15) is 31.9 Å². The van der Waals surface area contributed by atoms with Crippen molar-refractivity contribution in [2.75, 3.05) is 25.0 Å². The highest BCUT2D eigenvalue weighted by Crippen LogP contribution is 2.38. The SMILES string of the molecule is CC(C)(C)[Si](C)(C)OC1CN(C[C@H](Oc2ncnc3c2cnn3-c2c(Cl)cccc2C#N)C(=O)Nc2ccc(C#N)cn2)C1. The third-order valence-corrected chi connectivity index (χ3v) is 12.8. The molecule has 5 rings (SSSR count). The second-order valence-electron chi connectivity index (χ2n) is 12.1. The summed E-state index contributed by atoms with van der Waals surface area (Å²) in [7, 11) is -1.94. The van der Waals surface area contributed by atoms with E-state index in [0.717, 1.165) is 0 Å². The molecule has 0 radical (unpaired) electrons. The zero-order valence-corrected chi connectivity index (χ0v) is 26.8. The lowest BCUT2D eigenvalue weighted by Gasteiger charge is -2.46. The molecule has 1 aromatic carbocycles. The predicted molar refractivity (Wildman–Crippen MR) is 167 cm³/mol. The Bertz CT molecular complexity index is 1770. The highest BCUT2D eigenvalue weighted by Gasteiger charge is 2.42. The number of fused-ring (bicyclic) bond motifs is 1. The molecule has 0 aliphatic carbocycles. The van der Waals surface area contributed by atoms with Crippen LogP contribution in [0.25, 0.3) is 16.7 Å². The van der Waals surface area contributed by atoms with Crippen LogP contribution in [0.3, 0.4) is 0 Å². The molecule has 44 heavy (non-hydrogen) atoms. The highest BCUT2D eigenvalue weighted by atomic mass is 35.5. The lowest BCUT2D eigenvalue weighted by molar-refractivity contribution is -0.125. The molecule has 1 saturated heterocycles. The zero-order valence-electron chi connectivity index (χ0n) is 25.1. The smallest absolute Gasteiger partial charge is 0.268 e. The third-order valence-electron chi connectivity index (χ3n) is 7.95. The summed E-state index contributed by atoms with van der Waals surface area (Å²) in [5.74, 6) is -0.00362. The number of carbonyl (C=O) groups is 1. The molecular weight excluding hydrogens is 598 g/mol. The number of hydrogen-bond acceptors (Lipinski definition) is 10. The maximum atomic E-state index is 13.6. The predicted octanol–water partition coefficient (Wildman–Crippen LogP) is 4.70. The first kappa shape index (κ1) is 31.0. The summed E-state index contributed by atoms with van der Waals surface area (Å²) in [6.07, 6.45) is 3.30. The van der Waals surface area contributed by atoms with Gasteiger partial charge in [-0.3, -0.25) is 9.69 Å². The van der Waals surface area contributed by atoms with Gasteiger partial charge in [-0.15, -0.1) is 0 Å². The minimum absolute atomic E-state index is 0.0775. The van der Waals surface area contributed by atoms with E-state index in [2.05, 4.69) is 70.2 Å². The summed E-state index contributed by atoms with van der Waals surface area (Å²) in [6, 6.07) is 12.3. The Hall–Kier alpha value is -4.40. The van der Waals surface area contributed by atoms with Gasteiger partial charge in [0.2, 0.25) is 5.88 Å². The normalized spacial score (nSPS) is 14.8. The number of halogens is 1. The molecular formula is C30H32ClN9O3Si. The van der Waals surface area contributed by atoms with Crippen LogP contribution in [0.15, 0.2) is 49.1 Å². The number of carbonyl (C=O) groups excluding carboxylic acids is 1. The molecule has 1 N–H and O–H groups in total. The molecule has 12 nitrogen and oxygen atoms in total. The molecule has 1 atom stereocenters. The lowest BCUT2D eigenvalue weighted by Crippen LogP contribution is -2.60. The summed E-state index contributed by atoms with van der Waals surface area (Å²) in [4.78, 5) is 28.5. The van der Waals surface area contributed by atoms with Crippen molar-refractivity contribution in [3.05, 3.63) is 65.2 Å². The summed E-state index contributed by atoms with van der Waals surface area (Å²) in [5, 5.41) is 26.8. The molecule has 0 spiro atoms. The van der Waals surface area contributed by atoms with E-state index in [1.807, 2.05) is 6.07 Å². The largest absolute Gasteiger partial charge is 0.462 e. The molecule has 0 saturated carbocycles. The summed E-state index contributed by atoms with van der Waals surface area (Å²) >= 11 is 6.44. The van der Waals surface area contributed by atoms with Crippen molar-refractivity contribution in [3.8, 4) is 23.7 Å². The van der Waals surface area contributed by atoms with Crippen LogP contribution in [-0.2, 0) is 9.22 Å². The number of ether oxygens (including phenoxy) is 1. The Balaban J connectivity index is 1.40. The molecule has 3 aromatic heterocycles. The number of nitrogens with one attached hydrogen (secondary N) is 1. The van der Waals surface area contributed by atoms with Gasteiger partial charge in [-0.2, -0.15) is 15.6 Å². The first-order chi connectivity index (χ1) is 20.9. The Morgan fingerprint density at radius 1 is 1.14 bits per heavy atom. The van der Waals surface area contributed by atoms with E-state index in [1.165, 1.54) is 23.4 Å². The Labute approximate surface area is 261 Å². The highest BCUT2D eigenvalue weighted by molar-refractivity contribution is 6.74. The fraction of sp³-hybridized carbons (Fsp3) is 0.367. The number of para-hydroxylation sites is 1. The fourth-order valence-corrected chi connectivity index (χ4v) is 6.11. The monoisotopic (exact) mass is 629 g/mol. The summed E-state index contributed by atoms with van der Waals surface area (Å²) < 4.78 is 14.3. The number of benzene rings is 1. The molecule has 14 heteroatoms. The zero-order chi connectivity index (χ0) is 31.6. The number of pyridine rings is 1. The van der Waals surface area contributed by atoms with Crippen molar-refractivity contribution in [2.45, 2.75) is 51.1 Å². The van der Waals surface area contributed by atoms with E-state index >= 15 is 0 Å². The van der Waals surface area contributed by atoms with Crippen molar-refractivity contribution in [1.29, 1.82) is 10.5 Å². The standard InChI is InChI=1S/C30H32ClN9O3Si/c1-30(2,3)44(4,5)43-21-15-39(16-21)17-24(28(41)38-25-10-9-19(11-32)13-34-25)42-29-22-14-37-40(27(22)35-18-36-29)26-20(12-33)7-6-8-23(26)31/h6-10,13-14,18,21,24H,15-17H2,1-5H3,(H,34,38,41)/t24-/m0/s1. The number of hydrogen-bond donors (Lipinski definition) is 1. The van der Waals surface area contributed by atoms with Gasteiger partial charge in [-0.05, 0) is 42.4 Å². The van der Waals surface area contributed by atoms with E-state index in [1.54, 1.807) is 30.3 Å². The molecule has 1 amide bonds. The number of rotatable bonds is 9. The van der Waals surface area contributed by atoms with Crippen LogP contribution in [0.2, 0.25) is 23.2 Å². The average molecular weight is 630 g/mol. The molecule has 0 unspecified atom stereocenters. The van der Waals surface area contributed by atoms with E-state index in [9.17, 15) is 10.1 Å². The van der Waals surface area contributed by atoms with Crippen molar-refractivity contribution < 1.29 is 14.0 Å². The Morgan fingerprint density at radius 3 is 2.57 bits per heavy atom. The van der Waals surface area contributed by atoms with Crippen molar-refractivity contribution in [3.63, 3.8) is 0 Å². The van der Waals surface area contributed by atoms with Crippen molar-refractivity contribution in [2.24, 2.45) is 0 Å². The van der Waals surface area contributed by atoms with Crippen LogP contribution in [0.4, 0.5) is 5.82 Å². The maximum Gasteiger partial charge on any atom is 0.268 e. The van der Waals surface area contributed by atoms with Crippen LogP contribution >= 0.6 is 11.6 Å². The van der Waals surface area contributed by atoms with E-state index < -0.39 is 20.3 Å².